The van der Waals surface area contributed by atoms with Crippen molar-refractivity contribution in [3.8, 4) is 5.69 Å². The third-order valence-electron chi connectivity index (χ3n) is 13.4. The first-order valence-corrected chi connectivity index (χ1v) is 18.5. The van der Waals surface area contributed by atoms with Gasteiger partial charge in [-0.05, 0) is 128 Å². The lowest BCUT2D eigenvalue weighted by molar-refractivity contribution is 0.0891. The second kappa shape index (κ2) is 9.48. The highest BCUT2D eigenvalue weighted by Crippen LogP contribution is 2.51. The normalized spacial score (nSPS) is 23.1. The molecular formula is C45H34N2O3. The molecular weight excluding hydrogens is 617 g/mol. The predicted molar refractivity (Wildman–Crippen MR) is 200 cm³/mol. The molecule has 0 radical (unpaired) electrons. The zero-order valence-electron chi connectivity index (χ0n) is 27.7. The fraction of sp³-hybridized carbons (Fsp3) is 0.267. The van der Waals surface area contributed by atoms with E-state index < -0.39 is 0 Å². The number of para-hydroxylation sites is 1. The van der Waals surface area contributed by atoms with Gasteiger partial charge in [-0.15, -0.1) is 0 Å². The summed E-state index contributed by atoms with van der Waals surface area (Å²) in [5, 5.41) is 7.09. The van der Waals surface area contributed by atoms with Crippen molar-refractivity contribution < 1.29 is 9.59 Å². The van der Waals surface area contributed by atoms with Gasteiger partial charge in [-0.3, -0.25) is 19.0 Å². The van der Waals surface area contributed by atoms with Crippen LogP contribution in [0.5, 0.6) is 0 Å². The maximum absolute atomic E-state index is 14.7. The molecule has 8 aromatic rings. The van der Waals surface area contributed by atoms with Crippen LogP contribution in [-0.2, 0) is 0 Å². The summed E-state index contributed by atoms with van der Waals surface area (Å²) in [6, 6.07) is 29.3. The van der Waals surface area contributed by atoms with E-state index in [1.807, 2.05) is 53.1 Å². The van der Waals surface area contributed by atoms with E-state index in [1.165, 1.54) is 11.1 Å². The predicted octanol–water partition coefficient (Wildman–Crippen LogP) is 10.2. The van der Waals surface area contributed by atoms with Crippen molar-refractivity contribution in [2.45, 2.75) is 63.2 Å². The van der Waals surface area contributed by atoms with Crippen molar-refractivity contribution in [1.82, 2.24) is 8.97 Å². The van der Waals surface area contributed by atoms with E-state index in [-0.39, 0.29) is 23.2 Å². The van der Waals surface area contributed by atoms with Crippen LogP contribution in [0.15, 0.2) is 89.7 Å². The van der Waals surface area contributed by atoms with E-state index in [9.17, 15) is 14.4 Å². The maximum Gasteiger partial charge on any atom is 0.263 e. The number of pyridine rings is 1. The van der Waals surface area contributed by atoms with Gasteiger partial charge in [-0.25, -0.2) is 0 Å². The van der Waals surface area contributed by atoms with E-state index in [2.05, 4.69) is 40.8 Å². The number of nitrogens with zero attached hydrogens (tertiary/aromatic N) is 2. The van der Waals surface area contributed by atoms with Gasteiger partial charge in [0.2, 0.25) is 0 Å². The van der Waals surface area contributed by atoms with Crippen LogP contribution in [0.1, 0.15) is 95.0 Å². The molecule has 2 fully saturated rings. The van der Waals surface area contributed by atoms with Crippen molar-refractivity contribution in [3.05, 3.63) is 118 Å². The number of aromatic nitrogens is 2. The number of rotatable bonds is 1. The van der Waals surface area contributed by atoms with E-state index in [1.54, 1.807) is 0 Å². The molecule has 0 amide bonds. The Labute approximate surface area is 287 Å². The van der Waals surface area contributed by atoms with Crippen LogP contribution in [0.3, 0.4) is 0 Å². The molecule has 5 nitrogen and oxygen atoms in total. The number of ketones is 2. The number of benzene rings is 5. The number of carbonyl (C=O) groups is 2. The second-order valence-corrected chi connectivity index (χ2v) is 15.6. The van der Waals surface area contributed by atoms with Gasteiger partial charge in [0.1, 0.15) is 0 Å². The van der Waals surface area contributed by atoms with Gasteiger partial charge in [0.25, 0.3) is 5.56 Å². The molecule has 5 aromatic carbocycles. The lowest BCUT2D eigenvalue weighted by atomic mass is 9.82. The molecule has 3 heterocycles. The minimum absolute atomic E-state index is 0.0390. The molecule has 2 saturated carbocycles. The summed E-state index contributed by atoms with van der Waals surface area (Å²) >= 11 is 0. The monoisotopic (exact) mass is 650 g/mol. The average Bonchev–Trinajstić information content (AvgIpc) is 3.48. The van der Waals surface area contributed by atoms with Crippen LogP contribution in [-0.4, -0.2) is 20.5 Å². The molecule has 0 unspecified atom stereocenters. The first-order valence-electron chi connectivity index (χ1n) is 18.5. The quantitative estimate of drug-likeness (QED) is 0.166. The molecule has 4 bridgehead atoms. The molecule has 6 aliphatic carbocycles. The van der Waals surface area contributed by atoms with Crippen LogP contribution < -0.4 is 5.56 Å². The van der Waals surface area contributed by atoms with Crippen molar-refractivity contribution >= 4 is 71.3 Å². The molecule has 0 spiro atoms. The molecule has 14 rings (SSSR count). The Morgan fingerprint density at radius 2 is 0.980 bits per heavy atom. The Morgan fingerprint density at radius 1 is 0.460 bits per heavy atom. The van der Waals surface area contributed by atoms with Crippen molar-refractivity contribution in [2.24, 2.45) is 11.8 Å². The van der Waals surface area contributed by atoms with Gasteiger partial charge >= 0.3 is 0 Å². The van der Waals surface area contributed by atoms with Crippen LogP contribution in [0.2, 0.25) is 0 Å². The number of carbonyl (C=O) groups excluding carboxylic acids is 2. The zero-order valence-corrected chi connectivity index (χ0v) is 27.7. The van der Waals surface area contributed by atoms with E-state index in [0.717, 1.165) is 123 Å². The zero-order chi connectivity index (χ0) is 33.0. The van der Waals surface area contributed by atoms with Crippen molar-refractivity contribution in [2.75, 3.05) is 0 Å². The van der Waals surface area contributed by atoms with Gasteiger partial charge in [0.05, 0.1) is 22.1 Å². The Balaban J connectivity index is 1.36. The maximum atomic E-state index is 14.7. The molecule has 0 aliphatic heterocycles. The van der Waals surface area contributed by atoms with Gasteiger partial charge in [0.15, 0.2) is 11.6 Å². The Bertz CT molecular complexity index is 2900. The number of hydrogen-bond donors (Lipinski definition) is 0. The van der Waals surface area contributed by atoms with Gasteiger partial charge in [-0.2, -0.15) is 0 Å². The smallest absolute Gasteiger partial charge is 0.263 e. The highest BCUT2D eigenvalue weighted by atomic mass is 16.1. The first-order chi connectivity index (χ1) is 24.5. The third-order valence-corrected chi connectivity index (χ3v) is 13.4. The topological polar surface area (TPSA) is 60.6 Å². The molecule has 0 N–H and O–H groups in total. The van der Waals surface area contributed by atoms with Crippen LogP contribution in [0.25, 0.3) is 65.5 Å². The standard InChI is InChI=1S/C45H34N2O3/c48-43-25-14-10-23(11-15-25)30-18-32-34-20-33-28-8-4-5-9-29(28)45(50)46(27-6-2-1-3-7-27)41(33)40-37-19-31-24-12-16-26(17-13-24)44(49)36(31)22-39(37)47(42(34)40)38(32)21-35(30)43/h1-9,18-26H,10-17H2. The minimum Gasteiger partial charge on any atom is -0.308 e. The average molecular weight is 651 g/mol. The molecule has 5 heteroatoms. The minimum atomic E-state index is -0.0390. The second-order valence-electron chi connectivity index (χ2n) is 15.6. The SMILES string of the molecule is O=C1c2cc3c(cc2C2CCC1CC2)c1cc2c4ccccc4c(=O)n(-c4ccccc4)c2c2c4cc5c(cc4n3c12)C(=O)C1CCC5CC1. The third kappa shape index (κ3) is 3.32. The largest absolute Gasteiger partial charge is 0.308 e. The number of Topliss-reactive ketones (excluding diaryl/α,β-unsaturated/α-hetero) is 2. The van der Waals surface area contributed by atoms with Crippen molar-refractivity contribution in [3.63, 3.8) is 0 Å². The summed E-state index contributed by atoms with van der Waals surface area (Å²) in [6.07, 6.45) is 8.06. The molecule has 242 valence electrons. The number of fused-ring (bicyclic) bond motifs is 14. The summed E-state index contributed by atoms with van der Waals surface area (Å²) in [4.78, 5) is 42.8. The summed E-state index contributed by atoms with van der Waals surface area (Å²) in [5.41, 5.74) is 8.90. The molecule has 3 aromatic heterocycles. The van der Waals surface area contributed by atoms with E-state index in [0.29, 0.717) is 23.0 Å². The lowest BCUT2D eigenvalue weighted by Crippen LogP contribution is -2.19. The molecule has 0 atom stereocenters. The highest BCUT2D eigenvalue weighted by Gasteiger charge is 2.38. The van der Waals surface area contributed by atoms with Crippen LogP contribution >= 0.6 is 0 Å². The first kappa shape index (κ1) is 27.5. The summed E-state index contributed by atoms with van der Waals surface area (Å²) < 4.78 is 4.26. The Morgan fingerprint density at radius 3 is 1.62 bits per heavy atom. The summed E-state index contributed by atoms with van der Waals surface area (Å²) in [7, 11) is 0. The van der Waals surface area contributed by atoms with E-state index >= 15 is 0 Å². The van der Waals surface area contributed by atoms with Crippen LogP contribution in [0.4, 0.5) is 0 Å². The fourth-order valence-electron chi connectivity index (χ4n) is 11.0. The van der Waals surface area contributed by atoms with Gasteiger partial charge in [0, 0.05) is 61.0 Å². The highest BCUT2D eigenvalue weighted by molar-refractivity contribution is 6.34. The summed E-state index contributed by atoms with van der Waals surface area (Å²) in [6.45, 7) is 0. The Hall–Kier alpha value is -5.29. The van der Waals surface area contributed by atoms with Gasteiger partial charge < -0.3 is 4.40 Å². The molecule has 0 saturated heterocycles. The Kier molecular flexibility index (Phi) is 5.22. The van der Waals surface area contributed by atoms with E-state index in [4.69, 9.17) is 0 Å². The lowest BCUT2D eigenvalue weighted by Gasteiger charge is -2.22. The van der Waals surface area contributed by atoms with Crippen molar-refractivity contribution in [1.29, 1.82) is 0 Å². The van der Waals surface area contributed by atoms with Gasteiger partial charge in [-0.1, -0.05) is 36.4 Å². The molecule has 6 aliphatic rings. The number of hydrogen-bond acceptors (Lipinski definition) is 3. The fourth-order valence-corrected chi connectivity index (χ4v) is 11.0. The summed E-state index contributed by atoms with van der Waals surface area (Å²) in [5.74, 6) is 1.54. The molecule has 50 heavy (non-hydrogen) atoms. The van der Waals surface area contributed by atoms with Crippen LogP contribution in [0, 0.1) is 11.8 Å².